The topological polar surface area (TPSA) is 67.5 Å². The third kappa shape index (κ3) is 2.26. The van der Waals surface area contributed by atoms with Gasteiger partial charge in [-0.2, -0.15) is 0 Å². The highest BCUT2D eigenvalue weighted by atomic mass is 16.4. The number of aromatic nitrogens is 2. The molecule has 1 aromatic heterocycles. The van der Waals surface area contributed by atoms with Gasteiger partial charge in [-0.1, -0.05) is 29.4 Å². The Morgan fingerprint density at radius 1 is 1.14 bits per heavy atom. The first-order valence-corrected chi connectivity index (χ1v) is 6.89. The van der Waals surface area contributed by atoms with E-state index in [1.165, 1.54) is 0 Å². The lowest BCUT2D eigenvalue weighted by Gasteiger charge is -2.11. The maximum absolute atomic E-state index is 12.7. The van der Waals surface area contributed by atoms with Gasteiger partial charge < -0.3 is 5.21 Å². The molecule has 0 amide bonds. The van der Waals surface area contributed by atoms with E-state index >= 15 is 0 Å². The van der Waals surface area contributed by atoms with Gasteiger partial charge in [0.05, 0.1) is 22.3 Å². The summed E-state index contributed by atoms with van der Waals surface area (Å²) in [5, 5.41) is 12.6. The van der Waals surface area contributed by atoms with Crippen LogP contribution in [0, 0.1) is 6.92 Å². The normalized spacial score (nSPS) is 11.8. The molecule has 3 aromatic rings. The van der Waals surface area contributed by atoms with E-state index in [0.717, 1.165) is 11.3 Å². The van der Waals surface area contributed by atoms with Crippen LogP contribution in [0.3, 0.4) is 0 Å². The van der Waals surface area contributed by atoms with Crippen LogP contribution in [-0.4, -0.2) is 20.5 Å². The first-order valence-electron chi connectivity index (χ1n) is 6.89. The van der Waals surface area contributed by atoms with Crippen LogP contribution in [-0.2, 0) is 0 Å². The summed E-state index contributed by atoms with van der Waals surface area (Å²) in [6.45, 7) is 3.52. The van der Waals surface area contributed by atoms with Gasteiger partial charge in [0, 0.05) is 0 Å². The summed E-state index contributed by atoms with van der Waals surface area (Å²) in [5.41, 5.74) is 2.65. The number of rotatable bonds is 2. The number of hydrogen-bond donors (Lipinski definition) is 1. The highest BCUT2D eigenvalue weighted by Crippen LogP contribution is 2.13. The molecular weight excluding hydrogens is 278 g/mol. The molecule has 1 heterocycles. The first-order chi connectivity index (χ1) is 10.6. The van der Waals surface area contributed by atoms with Crippen LogP contribution in [0.5, 0.6) is 0 Å². The Morgan fingerprint density at radius 2 is 1.82 bits per heavy atom. The maximum Gasteiger partial charge on any atom is 0.265 e. The van der Waals surface area contributed by atoms with Crippen LogP contribution in [0.2, 0.25) is 0 Å². The lowest BCUT2D eigenvalue weighted by Crippen LogP contribution is -2.22. The van der Waals surface area contributed by atoms with Gasteiger partial charge in [-0.05, 0) is 43.7 Å². The summed E-state index contributed by atoms with van der Waals surface area (Å²) in [4.78, 5) is 17.2. The molecule has 0 aliphatic carbocycles. The van der Waals surface area contributed by atoms with E-state index in [0.29, 0.717) is 22.4 Å². The molecule has 0 saturated heterocycles. The molecule has 0 unspecified atom stereocenters. The third-order valence-electron chi connectivity index (χ3n) is 3.64. The largest absolute Gasteiger partial charge is 0.411 e. The van der Waals surface area contributed by atoms with E-state index < -0.39 is 0 Å². The van der Waals surface area contributed by atoms with Crippen molar-refractivity contribution in [1.29, 1.82) is 0 Å². The van der Waals surface area contributed by atoms with Crippen LogP contribution in [0.1, 0.15) is 18.3 Å². The summed E-state index contributed by atoms with van der Waals surface area (Å²) in [7, 11) is 0. The summed E-state index contributed by atoms with van der Waals surface area (Å²) in [6, 6.07) is 14.6. The van der Waals surface area contributed by atoms with Crippen molar-refractivity contribution in [3.63, 3.8) is 0 Å². The van der Waals surface area contributed by atoms with E-state index in [4.69, 9.17) is 5.21 Å². The van der Waals surface area contributed by atoms with Crippen LogP contribution in [0.25, 0.3) is 16.6 Å². The Hall–Kier alpha value is -2.95. The lowest BCUT2D eigenvalue weighted by atomic mass is 10.1. The zero-order chi connectivity index (χ0) is 15.7. The van der Waals surface area contributed by atoms with Gasteiger partial charge in [-0.3, -0.25) is 9.36 Å². The predicted octanol–water partition coefficient (Wildman–Crippen LogP) is 2.89. The van der Waals surface area contributed by atoms with Gasteiger partial charge in [-0.25, -0.2) is 4.98 Å². The highest BCUT2D eigenvalue weighted by molar-refractivity contribution is 5.98. The van der Waals surface area contributed by atoms with Crippen LogP contribution in [0.4, 0.5) is 0 Å². The number of oxime groups is 1. The van der Waals surface area contributed by atoms with E-state index in [1.54, 1.807) is 17.6 Å². The molecule has 3 rings (SSSR count). The molecule has 110 valence electrons. The first kappa shape index (κ1) is 14.0. The molecule has 0 spiro atoms. The Kier molecular flexibility index (Phi) is 3.47. The van der Waals surface area contributed by atoms with Crippen LogP contribution in [0.15, 0.2) is 58.5 Å². The van der Waals surface area contributed by atoms with Crippen molar-refractivity contribution >= 4 is 16.6 Å². The van der Waals surface area contributed by atoms with Gasteiger partial charge in [0.15, 0.2) is 0 Å². The standard InChI is InChI=1S/C17H15N3O2/c1-11(19-22)13-7-9-14(10-8-13)20-12(2)18-16-6-4-3-5-15(16)17(20)21/h3-10,22H,1-2H3/b19-11-. The van der Waals surface area contributed by atoms with E-state index in [1.807, 2.05) is 49.4 Å². The zero-order valence-corrected chi connectivity index (χ0v) is 12.3. The SMILES string of the molecule is C/C(=N/O)c1ccc(-n2c(C)nc3ccccc3c2=O)cc1. The van der Waals surface area contributed by atoms with Gasteiger partial charge >= 0.3 is 0 Å². The second kappa shape index (κ2) is 5.44. The molecule has 0 fully saturated rings. The van der Waals surface area contributed by atoms with Crippen molar-refractivity contribution in [2.24, 2.45) is 5.16 Å². The van der Waals surface area contributed by atoms with Crippen molar-refractivity contribution in [2.45, 2.75) is 13.8 Å². The monoisotopic (exact) mass is 293 g/mol. The smallest absolute Gasteiger partial charge is 0.265 e. The Labute approximate surface area is 127 Å². The van der Waals surface area contributed by atoms with Gasteiger partial charge in [-0.15, -0.1) is 0 Å². The minimum atomic E-state index is -0.0941. The number of hydrogen-bond acceptors (Lipinski definition) is 4. The molecule has 0 bridgehead atoms. The quantitative estimate of drug-likeness (QED) is 0.449. The third-order valence-corrected chi connectivity index (χ3v) is 3.64. The molecule has 0 aliphatic rings. The van der Waals surface area contributed by atoms with E-state index in [9.17, 15) is 4.79 Å². The predicted molar refractivity (Wildman–Crippen MR) is 86.1 cm³/mol. The van der Waals surface area contributed by atoms with Crippen molar-refractivity contribution in [3.8, 4) is 5.69 Å². The molecule has 0 aliphatic heterocycles. The summed E-state index contributed by atoms with van der Waals surface area (Å²) in [6.07, 6.45) is 0. The number of nitrogens with zero attached hydrogens (tertiary/aromatic N) is 3. The van der Waals surface area contributed by atoms with Crippen LogP contribution < -0.4 is 5.56 Å². The fourth-order valence-electron chi connectivity index (χ4n) is 2.46. The summed E-state index contributed by atoms with van der Waals surface area (Å²) < 4.78 is 1.58. The Morgan fingerprint density at radius 3 is 2.50 bits per heavy atom. The molecule has 0 radical (unpaired) electrons. The van der Waals surface area contributed by atoms with Crippen molar-refractivity contribution in [3.05, 3.63) is 70.3 Å². The molecule has 5 heteroatoms. The van der Waals surface area contributed by atoms with Crippen molar-refractivity contribution in [1.82, 2.24) is 9.55 Å². The number of fused-ring (bicyclic) bond motifs is 1. The molecule has 22 heavy (non-hydrogen) atoms. The molecule has 1 N–H and O–H groups in total. The van der Waals surface area contributed by atoms with E-state index in [-0.39, 0.29) is 5.56 Å². The minimum Gasteiger partial charge on any atom is -0.411 e. The van der Waals surface area contributed by atoms with Gasteiger partial charge in [0.25, 0.3) is 5.56 Å². The number of aryl methyl sites for hydroxylation is 1. The number of benzene rings is 2. The second-order valence-electron chi connectivity index (χ2n) is 5.05. The Bertz CT molecular complexity index is 925. The van der Waals surface area contributed by atoms with E-state index in [2.05, 4.69) is 10.1 Å². The fourth-order valence-corrected chi connectivity index (χ4v) is 2.46. The average molecular weight is 293 g/mol. The van der Waals surface area contributed by atoms with Gasteiger partial charge in [0.1, 0.15) is 5.82 Å². The van der Waals surface area contributed by atoms with Gasteiger partial charge in [0.2, 0.25) is 0 Å². The average Bonchev–Trinajstić information content (AvgIpc) is 2.55. The maximum atomic E-state index is 12.7. The van der Waals surface area contributed by atoms with Crippen LogP contribution >= 0.6 is 0 Å². The lowest BCUT2D eigenvalue weighted by molar-refractivity contribution is 0.319. The summed E-state index contributed by atoms with van der Waals surface area (Å²) >= 11 is 0. The molecule has 0 atom stereocenters. The summed E-state index contributed by atoms with van der Waals surface area (Å²) in [5.74, 6) is 0.629. The fraction of sp³-hybridized carbons (Fsp3) is 0.118. The molecule has 5 nitrogen and oxygen atoms in total. The zero-order valence-electron chi connectivity index (χ0n) is 12.3. The molecule has 0 saturated carbocycles. The Balaban J connectivity index is 2.20. The minimum absolute atomic E-state index is 0.0941. The highest BCUT2D eigenvalue weighted by Gasteiger charge is 2.09. The van der Waals surface area contributed by atoms with Crippen molar-refractivity contribution in [2.75, 3.05) is 0 Å². The second-order valence-corrected chi connectivity index (χ2v) is 5.05. The molecular formula is C17H15N3O2. The molecule has 2 aromatic carbocycles. The number of para-hydroxylation sites is 1. The van der Waals surface area contributed by atoms with Crippen molar-refractivity contribution < 1.29 is 5.21 Å².